The average Bonchev–Trinajstić information content (AvgIpc) is 2.29. The van der Waals surface area contributed by atoms with Gasteiger partial charge in [0.2, 0.25) is 0 Å². The van der Waals surface area contributed by atoms with Crippen LogP contribution < -0.4 is 5.73 Å². The number of hydrogen-bond acceptors (Lipinski definition) is 3. The highest BCUT2D eigenvalue weighted by Crippen LogP contribution is 2.23. The van der Waals surface area contributed by atoms with Crippen LogP contribution in [-0.4, -0.2) is 24.5 Å². The van der Waals surface area contributed by atoms with Gasteiger partial charge in [0.1, 0.15) is 0 Å². The van der Waals surface area contributed by atoms with Gasteiger partial charge in [0.05, 0.1) is 5.54 Å². The highest BCUT2D eigenvalue weighted by atomic mass is 16.5. The fraction of sp³-hybridized carbons (Fsp3) is 0.917. The molecule has 0 bridgehead atoms. The minimum atomic E-state index is -0.585. The Morgan fingerprint density at radius 1 is 1.33 bits per heavy atom. The monoisotopic (exact) mass is 213 g/mol. The number of ether oxygens (including phenoxy) is 1. The first kappa shape index (κ1) is 12.7. The molecular formula is C12H23NO2. The number of Topliss-reactive ketones (excluding diaryl/α,β-unsaturated/α-hetero) is 1. The van der Waals surface area contributed by atoms with Crippen molar-refractivity contribution in [2.45, 2.75) is 51.5 Å². The Balaban J connectivity index is 2.45. The minimum Gasteiger partial charge on any atom is -0.381 e. The van der Waals surface area contributed by atoms with Gasteiger partial charge in [-0.2, -0.15) is 0 Å². The predicted octanol–water partition coefficient (Wildman–Crippen LogP) is 1.89. The van der Waals surface area contributed by atoms with Crippen LogP contribution in [0.2, 0.25) is 0 Å². The number of rotatable bonds is 5. The summed E-state index contributed by atoms with van der Waals surface area (Å²) in [6.45, 7) is 5.58. The van der Waals surface area contributed by atoms with Crippen molar-refractivity contribution in [3.05, 3.63) is 0 Å². The van der Waals surface area contributed by atoms with E-state index in [2.05, 4.69) is 0 Å². The van der Waals surface area contributed by atoms with E-state index < -0.39 is 5.54 Å². The van der Waals surface area contributed by atoms with Gasteiger partial charge in [-0.1, -0.05) is 13.8 Å². The number of carbonyl (C=O) groups excluding carboxylic acids is 1. The van der Waals surface area contributed by atoms with E-state index >= 15 is 0 Å². The molecule has 15 heavy (non-hydrogen) atoms. The molecule has 1 fully saturated rings. The van der Waals surface area contributed by atoms with Gasteiger partial charge in [-0.3, -0.25) is 4.79 Å². The Morgan fingerprint density at radius 3 is 2.33 bits per heavy atom. The van der Waals surface area contributed by atoms with Gasteiger partial charge in [-0.15, -0.1) is 0 Å². The third kappa shape index (κ3) is 3.28. The Hall–Kier alpha value is -0.410. The molecule has 0 aromatic carbocycles. The molecule has 0 aliphatic carbocycles. The number of ketones is 1. The third-order valence-electron chi connectivity index (χ3n) is 3.63. The SMILES string of the molecule is CCC(N)(CC)C(=O)CC1CCOCC1. The molecule has 0 spiro atoms. The Labute approximate surface area is 92.4 Å². The molecular weight excluding hydrogens is 190 g/mol. The van der Waals surface area contributed by atoms with Gasteiger partial charge in [-0.05, 0) is 31.6 Å². The third-order valence-corrected chi connectivity index (χ3v) is 3.63. The largest absolute Gasteiger partial charge is 0.381 e. The standard InChI is InChI=1S/C12H23NO2/c1-3-12(13,4-2)11(14)9-10-5-7-15-8-6-10/h10H,3-9,13H2,1-2H3. The maximum Gasteiger partial charge on any atom is 0.152 e. The van der Waals surface area contributed by atoms with Gasteiger partial charge in [-0.25, -0.2) is 0 Å². The molecule has 0 saturated carbocycles. The van der Waals surface area contributed by atoms with Gasteiger partial charge in [0.15, 0.2) is 5.78 Å². The maximum absolute atomic E-state index is 12.0. The maximum atomic E-state index is 12.0. The summed E-state index contributed by atoms with van der Waals surface area (Å²) >= 11 is 0. The molecule has 0 amide bonds. The molecule has 0 aromatic heterocycles. The second-order valence-corrected chi connectivity index (χ2v) is 4.55. The summed E-state index contributed by atoms with van der Waals surface area (Å²) in [5, 5.41) is 0. The lowest BCUT2D eigenvalue weighted by Gasteiger charge is -2.28. The molecule has 1 aliphatic rings. The lowest BCUT2D eigenvalue weighted by atomic mass is 9.82. The molecule has 88 valence electrons. The smallest absolute Gasteiger partial charge is 0.152 e. The van der Waals surface area contributed by atoms with Crippen LogP contribution >= 0.6 is 0 Å². The van der Waals surface area contributed by atoms with Crippen molar-refractivity contribution in [2.75, 3.05) is 13.2 Å². The minimum absolute atomic E-state index is 0.236. The Bertz CT molecular complexity index is 206. The van der Waals surface area contributed by atoms with Crippen LogP contribution in [0.4, 0.5) is 0 Å². The predicted molar refractivity (Wildman–Crippen MR) is 60.7 cm³/mol. The van der Waals surface area contributed by atoms with Crippen molar-refractivity contribution in [3.8, 4) is 0 Å². The number of carbonyl (C=O) groups is 1. The van der Waals surface area contributed by atoms with E-state index in [4.69, 9.17) is 10.5 Å². The van der Waals surface area contributed by atoms with Crippen molar-refractivity contribution < 1.29 is 9.53 Å². The van der Waals surface area contributed by atoms with E-state index in [0.717, 1.165) is 38.9 Å². The molecule has 0 unspecified atom stereocenters. The van der Waals surface area contributed by atoms with E-state index in [1.807, 2.05) is 13.8 Å². The summed E-state index contributed by atoms with van der Waals surface area (Å²) < 4.78 is 5.28. The Kier molecular flexibility index (Phi) is 4.74. The quantitative estimate of drug-likeness (QED) is 0.758. The molecule has 3 heteroatoms. The summed E-state index contributed by atoms with van der Waals surface area (Å²) in [6, 6.07) is 0. The number of hydrogen-bond donors (Lipinski definition) is 1. The van der Waals surface area contributed by atoms with E-state index in [1.165, 1.54) is 0 Å². The number of nitrogens with two attached hydrogens (primary N) is 1. The molecule has 3 nitrogen and oxygen atoms in total. The summed E-state index contributed by atoms with van der Waals surface area (Å²) in [4.78, 5) is 12.0. The van der Waals surface area contributed by atoms with Crippen LogP contribution in [0.15, 0.2) is 0 Å². The Morgan fingerprint density at radius 2 is 1.87 bits per heavy atom. The molecule has 1 aliphatic heterocycles. The highest BCUT2D eigenvalue weighted by molar-refractivity contribution is 5.88. The van der Waals surface area contributed by atoms with Crippen LogP contribution in [0.5, 0.6) is 0 Å². The fourth-order valence-corrected chi connectivity index (χ4v) is 2.06. The zero-order chi connectivity index (χ0) is 11.3. The normalized spacial score (nSPS) is 19.1. The summed E-state index contributed by atoms with van der Waals surface area (Å²) in [6.07, 6.45) is 4.14. The first-order chi connectivity index (χ1) is 7.12. The van der Waals surface area contributed by atoms with Crippen molar-refractivity contribution in [1.29, 1.82) is 0 Å². The molecule has 2 N–H and O–H groups in total. The van der Waals surface area contributed by atoms with E-state index in [1.54, 1.807) is 0 Å². The highest BCUT2D eigenvalue weighted by Gasteiger charge is 2.31. The first-order valence-electron chi connectivity index (χ1n) is 6.02. The van der Waals surface area contributed by atoms with Crippen LogP contribution in [0.3, 0.4) is 0 Å². The summed E-state index contributed by atoms with van der Waals surface area (Å²) in [5.41, 5.74) is 5.49. The van der Waals surface area contributed by atoms with Crippen molar-refractivity contribution in [2.24, 2.45) is 11.7 Å². The van der Waals surface area contributed by atoms with Gasteiger partial charge >= 0.3 is 0 Å². The summed E-state index contributed by atoms with van der Waals surface area (Å²) in [7, 11) is 0. The molecule has 0 radical (unpaired) electrons. The van der Waals surface area contributed by atoms with E-state index in [0.29, 0.717) is 12.3 Å². The average molecular weight is 213 g/mol. The van der Waals surface area contributed by atoms with Gasteiger partial charge in [0, 0.05) is 19.6 Å². The lowest BCUT2D eigenvalue weighted by molar-refractivity contribution is -0.126. The lowest BCUT2D eigenvalue weighted by Crippen LogP contribution is -2.47. The van der Waals surface area contributed by atoms with Crippen molar-refractivity contribution >= 4 is 5.78 Å². The molecule has 1 saturated heterocycles. The second kappa shape index (κ2) is 5.61. The second-order valence-electron chi connectivity index (χ2n) is 4.55. The van der Waals surface area contributed by atoms with E-state index in [-0.39, 0.29) is 5.78 Å². The molecule has 0 atom stereocenters. The zero-order valence-corrected chi connectivity index (χ0v) is 9.92. The van der Waals surface area contributed by atoms with Crippen molar-refractivity contribution in [3.63, 3.8) is 0 Å². The van der Waals surface area contributed by atoms with E-state index in [9.17, 15) is 4.79 Å². The topological polar surface area (TPSA) is 52.3 Å². The van der Waals surface area contributed by atoms with Crippen LogP contribution in [0.25, 0.3) is 0 Å². The summed E-state index contributed by atoms with van der Waals surface area (Å²) in [5.74, 6) is 0.728. The van der Waals surface area contributed by atoms with Crippen LogP contribution in [0, 0.1) is 5.92 Å². The molecule has 0 aromatic rings. The van der Waals surface area contributed by atoms with Crippen molar-refractivity contribution in [1.82, 2.24) is 0 Å². The van der Waals surface area contributed by atoms with Gasteiger partial charge in [0.25, 0.3) is 0 Å². The van der Waals surface area contributed by atoms with Crippen LogP contribution in [0.1, 0.15) is 46.0 Å². The van der Waals surface area contributed by atoms with Gasteiger partial charge < -0.3 is 10.5 Å². The fourth-order valence-electron chi connectivity index (χ4n) is 2.06. The molecule has 1 heterocycles. The first-order valence-corrected chi connectivity index (χ1v) is 6.02. The zero-order valence-electron chi connectivity index (χ0n) is 9.92. The molecule has 1 rings (SSSR count). The van der Waals surface area contributed by atoms with Crippen LogP contribution in [-0.2, 0) is 9.53 Å².